The zero-order chi connectivity index (χ0) is 22.5. The van der Waals surface area contributed by atoms with Crippen molar-refractivity contribution < 1.29 is 18.7 Å². The van der Waals surface area contributed by atoms with Gasteiger partial charge in [-0.1, -0.05) is 6.07 Å². The van der Waals surface area contributed by atoms with E-state index in [-0.39, 0.29) is 42.3 Å². The molecule has 2 aliphatic rings. The summed E-state index contributed by atoms with van der Waals surface area (Å²) >= 11 is 1.75. The van der Waals surface area contributed by atoms with E-state index in [0.717, 1.165) is 44.5 Å². The van der Waals surface area contributed by atoms with Crippen LogP contribution in [0.3, 0.4) is 0 Å². The van der Waals surface area contributed by atoms with Gasteiger partial charge in [-0.05, 0) is 54.0 Å². The Hall–Kier alpha value is -2.45. The average Bonchev–Trinajstić information content (AvgIpc) is 3.27. The number of hydrogen-bond acceptors (Lipinski definition) is 5. The van der Waals surface area contributed by atoms with Gasteiger partial charge < -0.3 is 15.0 Å². The largest absolute Gasteiger partial charge is 0.494 e. The number of halogens is 1. The molecule has 0 radical (unpaired) electrons. The lowest BCUT2D eigenvalue weighted by Gasteiger charge is -2.32. The lowest BCUT2D eigenvalue weighted by molar-refractivity contribution is -0.134. The monoisotopic (exact) mass is 459 g/mol. The second-order valence-electron chi connectivity index (χ2n) is 8.52. The van der Waals surface area contributed by atoms with Crippen LogP contribution in [0.25, 0.3) is 0 Å². The molecule has 32 heavy (non-hydrogen) atoms. The summed E-state index contributed by atoms with van der Waals surface area (Å²) in [5, 5.41) is 5.16. The van der Waals surface area contributed by atoms with Crippen LogP contribution < -0.4 is 10.1 Å². The van der Waals surface area contributed by atoms with Crippen molar-refractivity contribution >= 4 is 23.2 Å². The van der Waals surface area contributed by atoms with Crippen LogP contribution in [0.2, 0.25) is 0 Å². The summed E-state index contributed by atoms with van der Waals surface area (Å²) in [4.78, 5) is 30.4. The summed E-state index contributed by atoms with van der Waals surface area (Å²) in [6.45, 7) is 3.76. The van der Waals surface area contributed by atoms with Crippen molar-refractivity contribution in [3.8, 4) is 5.75 Å². The number of methoxy groups -OCH3 is 1. The third-order valence-corrected chi connectivity index (χ3v) is 7.32. The van der Waals surface area contributed by atoms with E-state index in [0.29, 0.717) is 13.1 Å². The molecule has 0 unspecified atom stereocenters. The number of benzene rings is 1. The van der Waals surface area contributed by atoms with Gasteiger partial charge in [-0.2, -0.15) is 0 Å². The van der Waals surface area contributed by atoms with E-state index in [2.05, 4.69) is 21.7 Å². The minimum atomic E-state index is -0.345. The highest BCUT2D eigenvalue weighted by atomic mass is 32.1. The second kappa shape index (κ2) is 10.4. The molecule has 2 aliphatic heterocycles. The van der Waals surface area contributed by atoms with Crippen molar-refractivity contribution in [1.29, 1.82) is 0 Å². The van der Waals surface area contributed by atoms with Crippen LogP contribution in [-0.4, -0.2) is 54.4 Å². The second-order valence-corrected chi connectivity index (χ2v) is 9.52. The van der Waals surface area contributed by atoms with Crippen LogP contribution in [0.15, 0.2) is 29.6 Å². The number of piperidine rings is 1. The number of amides is 2. The number of fused-ring (bicyclic) bond motifs is 1. The molecule has 1 aromatic heterocycles. The average molecular weight is 460 g/mol. The Balaban J connectivity index is 1.15. The predicted octanol–water partition coefficient (Wildman–Crippen LogP) is 3.34. The van der Waals surface area contributed by atoms with Gasteiger partial charge in [0.2, 0.25) is 11.8 Å². The lowest BCUT2D eigenvalue weighted by Crippen LogP contribution is -2.44. The number of nitrogens with zero attached hydrogens (tertiary/aromatic N) is 2. The molecular formula is C24H30FN3O3S. The van der Waals surface area contributed by atoms with Gasteiger partial charge in [0.1, 0.15) is 0 Å². The first kappa shape index (κ1) is 22.7. The Bertz CT molecular complexity index is 956. The van der Waals surface area contributed by atoms with Crippen molar-refractivity contribution in [3.63, 3.8) is 0 Å². The highest BCUT2D eigenvalue weighted by molar-refractivity contribution is 7.10. The Kier molecular flexibility index (Phi) is 7.42. The van der Waals surface area contributed by atoms with Crippen LogP contribution in [0.1, 0.15) is 41.7 Å². The number of carbonyl (C=O) groups is 2. The van der Waals surface area contributed by atoms with E-state index in [1.54, 1.807) is 17.4 Å². The molecule has 4 rings (SSSR count). The van der Waals surface area contributed by atoms with Crippen LogP contribution in [0.4, 0.5) is 4.39 Å². The number of thiophene rings is 1. The molecule has 0 spiro atoms. The van der Waals surface area contributed by atoms with Crippen molar-refractivity contribution in [1.82, 2.24) is 15.1 Å². The minimum Gasteiger partial charge on any atom is -0.494 e. The highest BCUT2D eigenvalue weighted by Gasteiger charge is 2.24. The molecule has 0 saturated carbocycles. The molecule has 2 aromatic rings. The molecule has 1 N–H and O–H groups in total. The summed E-state index contributed by atoms with van der Waals surface area (Å²) in [6, 6.07) is 7.27. The van der Waals surface area contributed by atoms with Gasteiger partial charge in [0, 0.05) is 56.5 Å². The Morgan fingerprint density at radius 2 is 2.00 bits per heavy atom. The van der Waals surface area contributed by atoms with E-state index in [1.807, 2.05) is 11.0 Å². The fourth-order valence-electron chi connectivity index (χ4n) is 4.44. The molecule has 0 atom stereocenters. The third kappa shape index (κ3) is 5.66. The molecule has 3 heterocycles. The van der Waals surface area contributed by atoms with E-state index in [1.165, 1.54) is 23.6 Å². The minimum absolute atomic E-state index is 0.0535. The zero-order valence-corrected chi connectivity index (χ0v) is 19.3. The lowest BCUT2D eigenvalue weighted by atomic mass is 10.0. The van der Waals surface area contributed by atoms with Crippen molar-refractivity contribution in [2.45, 2.75) is 51.2 Å². The third-order valence-electron chi connectivity index (χ3n) is 6.30. The van der Waals surface area contributed by atoms with E-state index in [9.17, 15) is 14.0 Å². The van der Waals surface area contributed by atoms with Crippen LogP contribution in [-0.2, 0) is 29.1 Å². The Morgan fingerprint density at radius 3 is 2.75 bits per heavy atom. The first-order valence-corrected chi connectivity index (χ1v) is 12.1. The first-order valence-electron chi connectivity index (χ1n) is 11.2. The normalized spacial score (nSPS) is 17.1. The number of nitrogens with one attached hydrogen (secondary N) is 1. The highest BCUT2D eigenvalue weighted by Crippen LogP contribution is 2.24. The first-order chi connectivity index (χ1) is 15.5. The van der Waals surface area contributed by atoms with Crippen LogP contribution >= 0.6 is 11.3 Å². The zero-order valence-electron chi connectivity index (χ0n) is 18.4. The number of ether oxygens (including phenoxy) is 1. The number of hydrogen-bond donors (Lipinski definition) is 1. The summed E-state index contributed by atoms with van der Waals surface area (Å²) in [7, 11) is 1.46. The molecule has 2 amide bonds. The SMILES string of the molecule is COc1ccc(CN2CCC(NC(=O)CCC(=O)N3CCc4sccc4C3)CC2)cc1F. The maximum atomic E-state index is 13.9. The molecule has 172 valence electrons. The van der Waals surface area contributed by atoms with Gasteiger partial charge in [-0.3, -0.25) is 14.5 Å². The topological polar surface area (TPSA) is 61.9 Å². The maximum absolute atomic E-state index is 13.9. The van der Waals surface area contributed by atoms with E-state index >= 15 is 0 Å². The Morgan fingerprint density at radius 1 is 1.19 bits per heavy atom. The molecule has 6 nitrogen and oxygen atoms in total. The van der Waals surface area contributed by atoms with Crippen LogP contribution in [0.5, 0.6) is 5.75 Å². The van der Waals surface area contributed by atoms with E-state index in [4.69, 9.17) is 4.74 Å². The fourth-order valence-corrected chi connectivity index (χ4v) is 5.33. The van der Waals surface area contributed by atoms with Gasteiger partial charge in [-0.25, -0.2) is 4.39 Å². The predicted molar refractivity (Wildman–Crippen MR) is 122 cm³/mol. The maximum Gasteiger partial charge on any atom is 0.223 e. The molecule has 1 aromatic carbocycles. The molecule has 0 bridgehead atoms. The number of rotatable bonds is 7. The van der Waals surface area contributed by atoms with E-state index < -0.39 is 0 Å². The standard InChI is InChI=1S/C24H30FN3O3S/c1-31-21-3-2-17(14-20(21)25)15-27-10-6-19(7-11-27)26-23(29)4-5-24(30)28-12-8-22-18(16-28)9-13-32-22/h2-3,9,13-14,19H,4-8,10-12,15-16H2,1H3,(H,26,29). The van der Waals surface area contributed by atoms with Crippen molar-refractivity contribution in [2.75, 3.05) is 26.7 Å². The quantitative estimate of drug-likeness (QED) is 0.690. The molecule has 0 aliphatic carbocycles. The number of likely N-dealkylation sites (tertiary alicyclic amines) is 1. The fraction of sp³-hybridized carbons (Fsp3) is 0.500. The van der Waals surface area contributed by atoms with Crippen molar-refractivity contribution in [2.24, 2.45) is 0 Å². The van der Waals surface area contributed by atoms with Gasteiger partial charge in [-0.15, -0.1) is 11.3 Å². The van der Waals surface area contributed by atoms with Gasteiger partial charge in [0.15, 0.2) is 11.6 Å². The summed E-state index contributed by atoms with van der Waals surface area (Å²) < 4.78 is 18.9. The summed E-state index contributed by atoms with van der Waals surface area (Å²) in [6.07, 6.45) is 3.10. The molecule has 1 saturated heterocycles. The molecular weight excluding hydrogens is 429 g/mol. The van der Waals surface area contributed by atoms with Crippen molar-refractivity contribution in [3.05, 3.63) is 51.5 Å². The van der Waals surface area contributed by atoms with Gasteiger partial charge in [0.05, 0.1) is 7.11 Å². The Labute approximate surface area is 192 Å². The molecule has 8 heteroatoms. The number of carbonyl (C=O) groups excluding carboxylic acids is 2. The molecule has 1 fully saturated rings. The summed E-state index contributed by atoms with van der Waals surface area (Å²) in [5.41, 5.74) is 2.15. The summed E-state index contributed by atoms with van der Waals surface area (Å²) in [5.74, 6) is -0.0898. The van der Waals surface area contributed by atoms with Crippen LogP contribution in [0, 0.1) is 5.82 Å². The smallest absolute Gasteiger partial charge is 0.223 e. The van der Waals surface area contributed by atoms with Gasteiger partial charge in [0.25, 0.3) is 0 Å². The van der Waals surface area contributed by atoms with Gasteiger partial charge >= 0.3 is 0 Å².